The summed E-state index contributed by atoms with van der Waals surface area (Å²) in [5.74, 6) is -0.0220. The fourth-order valence-corrected chi connectivity index (χ4v) is 6.11. The van der Waals surface area contributed by atoms with Gasteiger partial charge in [-0.15, -0.1) is 0 Å². The molecule has 178 valence electrons. The molecule has 3 unspecified atom stereocenters. The van der Waals surface area contributed by atoms with Crippen LogP contribution in [0, 0.1) is 29.0 Å². The van der Waals surface area contributed by atoms with E-state index in [1.54, 1.807) is 30.0 Å². The van der Waals surface area contributed by atoms with Crippen LogP contribution < -0.4 is 10.7 Å². The standard InChI is InChI=1S/C23H25ClFN7O2/c1-31-11-27-19(20(31)21(33)28-15-3-4-17(25)16(24)7-15)12-5-13-8-23(34,9-14(13)6-12)22-29-18(10-26)30-32(22)2/h3-4,7,11-14,22,34H,5-6,8-9H2,1-2H3,(H,28,33)(H,29,30). The Hall–Kier alpha value is -3.00. The van der Waals surface area contributed by atoms with Crippen molar-refractivity contribution in [2.24, 2.45) is 23.9 Å². The van der Waals surface area contributed by atoms with Gasteiger partial charge in [0.2, 0.25) is 5.84 Å². The largest absolute Gasteiger partial charge is 0.386 e. The van der Waals surface area contributed by atoms with Crippen LogP contribution in [-0.2, 0) is 7.05 Å². The van der Waals surface area contributed by atoms with E-state index in [1.165, 1.54) is 18.2 Å². The van der Waals surface area contributed by atoms with E-state index in [-0.39, 0.29) is 34.5 Å². The third kappa shape index (κ3) is 3.83. The number of aliphatic imine (C=N–C) groups is 1. The van der Waals surface area contributed by atoms with E-state index in [2.05, 4.69) is 20.7 Å². The Kier molecular flexibility index (Phi) is 5.59. The van der Waals surface area contributed by atoms with Crippen LogP contribution in [0.4, 0.5) is 10.1 Å². The molecular weight excluding hydrogens is 461 g/mol. The second kappa shape index (κ2) is 8.34. The van der Waals surface area contributed by atoms with Crippen molar-refractivity contribution in [2.75, 3.05) is 12.4 Å². The highest BCUT2D eigenvalue weighted by molar-refractivity contribution is 6.31. The highest BCUT2D eigenvalue weighted by Crippen LogP contribution is 2.55. The molecule has 1 aromatic carbocycles. The van der Waals surface area contributed by atoms with Crippen LogP contribution in [0.15, 0.2) is 29.5 Å². The third-order valence-corrected chi connectivity index (χ3v) is 7.59. The normalized spacial score (nSPS) is 30.5. The lowest BCUT2D eigenvalue weighted by atomic mass is 9.90. The van der Waals surface area contributed by atoms with E-state index in [4.69, 9.17) is 16.9 Å². The number of anilines is 1. The molecule has 2 aliphatic carbocycles. The van der Waals surface area contributed by atoms with E-state index < -0.39 is 17.6 Å². The van der Waals surface area contributed by atoms with Gasteiger partial charge in [-0.2, -0.15) is 10.3 Å². The topological polar surface area (TPSA) is 119 Å². The van der Waals surface area contributed by atoms with Crippen LogP contribution in [0.2, 0.25) is 5.02 Å². The second-order valence-corrected chi connectivity index (χ2v) is 9.97. The number of amidine groups is 1. The lowest BCUT2D eigenvalue weighted by Gasteiger charge is -2.33. The molecule has 3 N–H and O–H groups in total. The van der Waals surface area contributed by atoms with Crippen LogP contribution in [0.3, 0.4) is 0 Å². The fourth-order valence-electron chi connectivity index (χ4n) is 5.93. The fraction of sp³-hybridized carbons (Fsp3) is 0.478. The molecule has 1 aromatic heterocycles. The number of nitriles is 1. The number of hydrogen-bond acceptors (Lipinski definition) is 7. The first-order valence-corrected chi connectivity index (χ1v) is 11.5. The molecule has 0 radical (unpaired) electrons. The molecule has 2 aromatic rings. The summed E-state index contributed by atoms with van der Waals surface area (Å²) in [6.07, 6.45) is 3.91. The Balaban J connectivity index is 1.31. The highest BCUT2D eigenvalue weighted by Gasteiger charge is 2.55. The summed E-state index contributed by atoms with van der Waals surface area (Å²) < 4.78 is 15.2. The van der Waals surface area contributed by atoms with Crippen molar-refractivity contribution < 1.29 is 14.3 Å². The number of fused-ring (bicyclic) bond motifs is 1. The average Bonchev–Trinajstić information content (AvgIpc) is 3.52. The van der Waals surface area contributed by atoms with Crippen molar-refractivity contribution in [1.82, 2.24) is 20.0 Å². The van der Waals surface area contributed by atoms with Gasteiger partial charge in [0.1, 0.15) is 23.2 Å². The SMILES string of the molecule is CN1NC(C#N)=NC1C1(O)CC2CC(c3ncn(C)c3C(=O)Nc3ccc(F)c(Cl)c3)CC2C1. The van der Waals surface area contributed by atoms with Gasteiger partial charge in [0.05, 0.1) is 17.0 Å². The number of benzene rings is 1. The number of aromatic nitrogens is 2. The van der Waals surface area contributed by atoms with E-state index in [9.17, 15) is 14.3 Å². The Morgan fingerprint density at radius 1 is 1.35 bits per heavy atom. The van der Waals surface area contributed by atoms with Crippen molar-refractivity contribution in [1.29, 1.82) is 5.26 Å². The quantitative estimate of drug-likeness (QED) is 0.612. The average molecular weight is 486 g/mol. The van der Waals surface area contributed by atoms with Gasteiger partial charge < -0.3 is 15.0 Å². The molecule has 0 bridgehead atoms. The van der Waals surface area contributed by atoms with Gasteiger partial charge >= 0.3 is 0 Å². The first kappa shape index (κ1) is 22.8. The maximum absolute atomic E-state index is 13.5. The van der Waals surface area contributed by atoms with Crippen molar-refractivity contribution in [2.45, 2.75) is 43.4 Å². The highest BCUT2D eigenvalue weighted by atomic mass is 35.5. The summed E-state index contributed by atoms with van der Waals surface area (Å²) in [6, 6.07) is 6.05. The number of amides is 1. The lowest BCUT2D eigenvalue weighted by Crippen LogP contribution is -2.50. The minimum absolute atomic E-state index is 0.0616. The van der Waals surface area contributed by atoms with E-state index in [0.717, 1.165) is 18.5 Å². The lowest BCUT2D eigenvalue weighted by molar-refractivity contribution is -0.0385. The van der Waals surface area contributed by atoms with Crippen LogP contribution >= 0.6 is 11.6 Å². The molecule has 11 heteroatoms. The predicted molar refractivity (Wildman–Crippen MR) is 123 cm³/mol. The molecule has 2 fully saturated rings. The molecule has 2 heterocycles. The van der Waals surface area contributed by atoms with Crippen molar-refractivity contribution in [3.8, 4) is 6.07 Å². The number of nitrogens with one attached hydrogen (secondary N) is 2. The number of carbonyl (C=O) groups is 1. The van der Waals surface area contributed by atoms with Crippen molar-refractivity contribution in [3.63, 3.8) is 0 Å². The molecule has 1 amide bonds. The molecule has 3 aliphatic rings. The number of hydrogen-bond donors (Lipinski definition) is 3. The zero-order valence-electron chi connectivity index (χ0n) is 18.8. The minimum atomic E-state index is -1.01. The van der Waals surface area contributed by atoms with Gasteiger partial charge in [-0.05, 0) is 55.7 Å². The maximum atomic E-state index is 13.5. The first-order chi connectivity index (χ1) is 16.2. The monoisotopic (exact) mass is 485 g/mol. The van der Waals surface area contributed by atoms with E-state index in [0.29, 0.717) is 24.2 Å². The number of likely N-dealkylation sites (N-methyl/N-ethyl adjacent to an activating group) is 1. The molecule has 0 spiro atoms. The minimum Gasteiger partial charge on any atom is -0.386 e. The number of hydrazine groups is 1. The summed E-state index contributed by atoms with van der Waals surface area (Å²) in [7, 11) is 3.55. The molecule has 9 nitrogen and oxygen atoms in total. The van der Waals surface area contributed by atoms with Gasteiger partial charge in [-0.1, -0.05) is 11.6 Å². The molecule has 0 saturated heterocycles. The Bertz CT molecular complexity index is 1210. The first-order valence-electron chi connectivity index (χ1n) is 11.2. The predicted octanol–water partition coefficient (Wildman–Crippen LogP) is 2.80. The summed E-state index contributed by atoms with van der Waals surface area (Å²) >= 11 is 5.84. The molecule has 5 rings (SSSR count). The molecule has 34 heavy (non-hydrogen) atoms. The summed E-state index contributed by atoms with van der Waals surface area (Å²) in [6.45, 7) is 0. The Labute approximate surface area is 201 Å². The van der Waals surface area contributed by atoms with Gasteiger partial charge in [-0.3, -0.25) is 10.2 Å². The molecule has 2 saturated carbocycles. The zero-order chi connectivity index (χ0) is 24.2. The van der Waals surface area contributed by atoms with Crippen LogP contribution in [-0.4, -0.2) is 50.2 Å². The van der Waals surface area contributed by atoms with Crippen LogP contribution in [0.5, 0.6) is 0 Å². The summed E-state index contributed by atoms with van der Waals surface area (Å²) in [5.41, 5.74) is 3.47. The number of carbonyl (C=O) groups excluding carboxylic acids is 1. The number of halogens is 2. The van der Waals surface area contributed by atoms with Crippen molar-refractivity contribution >= 4 is 29.0 Å². The van der Waals surface area contributed by atoms with E-state index in [1.807, 2.05) is 6.07 Å². The zero-order valence-corrected chi connectivity index (χ0v) is 19.6. The third-order valence-electron chi connectivity index (χ3n) is 7.30. The van der Waals surface area contributed by atoms with E-state index >= 15 is 0 Å². The Morgan fingerprint density at radius 3 is 2.68 bits per heavy atom. The molecule has 3 atom stereocenters. The summed E-state index contributed by atoms with van der Waals surface area (Å²) in [4.78, 5) is 22.0. The van der Waals surface area contributed by atoms with Gasteiger partial charge in [0, 0.05) is 25.7 Å². The van der Waals surface area contributed by atoms with Crippen molar-refractivity contribution in [3.05, 3.63) is 46.8 Å². The van der Waals surface area contributed by atoms with Gasteiger partial charge in [0.25, 0.3) is 5.91 Å². The van der Waals surface area contributed by atoms with Crippen LogP contribution in [0.25, 0.3) is 0 Å². The molecule has 1 aliphatic heterocycles. The number of nitrogens with zero attached hydrogens (tertiary/aromatic N) is 5. The summed E-state index contributed by atoms with van der Waals surface area (Å²) in [5, 5.41) is 24.9. The smallest absolute Gasteiger partial charge is 0.274 e. The maximum Gasteiger partial charge on any atom is 0.274 e. The molecular formula is C23H25ClFN7O2. The van der Waals surface area contributed by atoms with Gasteiger partial charge in [-0.25, -0.2) is 14.4 Å². The number of aryl methyl sites for hydroxylation is 1. The van der Waals surface area contributed by atoms with Gasteiger partial charge in [0.15, 0.2) is 6.17 Å². The number of imidazole rings is 1. The number of rotatable bonds is 4. The second-order valence-electron chi connectivity index (χ2n) is 9.56. The Morgan fingerprint density at radius 2 is 2.06 bits per heavy atom. The van der Waals surface area contributed by atoms with Crippen LogP contribution in [0.1, 0.15) is 47.8 Å². The number of aliphatic hydroxyl groups is 1.